The molecule has 0 aliphatic carbocycles. The molecule has 2 atom stereocenters. The van der Waals surface area contributed by atoms with E-state index in [0.29, 0.717) is 5.82 Å². The highest BCUT2D eigenvalue weighted by molar-refractivity contribution is 5.76. The van der Waals surface area contributed by atoms with Crippen molar-refractivity contribution >= 4 is 11.0 Å². The van der Waals surface area contributed by atoms with Gasteiger partial charge in [-0.15, -0.1) is 0 Å². The maximum atomic E-state index is 10.0. The lowest BCUT2D eigenvalue weighted by Gasteiger charge is -2.19. The lowest BCUT2D eigenvalue weighted by molar-refractivity contribution is 0.183. The quantitative estimate of drug-likeness (QED) is 0.785. The topological polar surface area (TPSA) is 38.1 Å². The summed E-state index contributed by atoms with van der Waals surface area (Å²) in [5.74, 6) is 0.711. The van der Waals surface area contributed by atoms with Gasteiger partial charge in [0.25, 0.3) is 0 Å². The number of aromatic nitrogens is 2. The van der Waals surface area contributed by atoms with Gasteiger partial charge in [0.2, 0.25) is 0 Å². The van der Waals surface area contributed by atoms with Crippen LogP contribution in [-0.4, -0.2) is 14.7 Å². The first-order chi connectivity index (χ1) is 9.68. The van der Waals surface area contributed by atoms with Crippen molar-refractivity contribution in [1.29, 1.82) is 0 Å². The van der Waals surface area contributed by atoms with Crippen LogP contribution in [0.1, 0.15) is 37.4 Å². The minimum Gasteiger partial charge on any atom is -0.385 e. The van der Waals surface area contributed by atoms with Gasteiger partial charge >= 0.3 is 0 Å². The molecule has 3 aromatic rings. The molecule has 0 saturated heterocycles. The van der Waals surface area contributed by atoms with E-state index < -0.39 is 6.10 Å². The molecule has 0 fully saturated rings. The Morgan fingerprint density at radius 3 is 2.30 bits per heavy atom. The van der Waals surface area contributed by atoms with Crippen LogP contribution in [0.15, 0.2) is 54.6 Å². The van der Waals surface area contributed by atoms with E-state index in [9.17, 15) is 5.11 Å². The van der Waals surface area contributed by atoms with Gasteiger partial charge in [-0.05, 0) is 31.5 Å². The number of hydrogen-bond acceptors (Lipinski definition) is 2. The normalized spacial score (nSPS) is 14.3. The smallest absolute Gasteiger partial charge is 0.139 e. The molecule has 3 heteroatoms. The Labute approximate surface area is 118 Å². The Balaban J connectivity index is 2.21. The summed E-state index contributed by atoms with van der Waals surface area (Å²) >= 11 is 0. The number of aliphatic hydroxyl groups is 1. The SMILES string of the molecule is C[C@H](O)c1nc2ccccc2n1[C@@H](C)c1ccccc1. The summed E-state index contributed by atoms with van der Waals surface area (Å²) in [5, 5.41) is 10.0. The molecule has 1 N–H and O–H groups in total. The van der Waals surface area contributed by atoms with E-state index in [2.05, 4.69) is 28.6 Å². The maximum absolute atomic E-state index is 10.0. The minimum absolute atomic E-state index is 0.133. The Bertz CT molecular complexity index is 716. The molecule has 0 amide bonds. The predicted octanol–water partition coefficient (Wildman–Crippen LogP) is 3.70. The number of rotatable bonds is 3. The van der Waals surface area contributed by atoms with Gasteiger partial charge < -0.3 is 9.67 Å². The summed E-state index contributed by atoms with van der Waals surface area (Å²) in [5.41, 5.74) is 3.18. The first kappa shape index (κ1) is 12.9. The third kappa shape index (κ3) is 2.10. The molecule has 2 aromatic carbocycles. The molecule has 0 unspecified atom stereocenters. The number of hydrogen-bond donors (Lipinski definition) is 1. The van der Waals surface area contributed by atoms with Crippen LogP contribution in [0.2, 0.25) is 0 Å². The predicted molar refractivity (Wildman–Crippen MR) is 80.6 cm³/mol. The van der Waals surface area contributed by atoms with Crippen LogP contribution in [0.3, 0.4) is 0 Å². The van der Waals surface area contributed by atoms with Crippen LogP contribution in [0.25, 0.3) is 11.0 Å². The highest BCUT2D eigenvalue weighted by Gasteiger charge is 2.19. The largest absolute Gasteiger partial charge is 0.385 e. The highest BCUT2D eigenvalue weighted by atomic mass is 16.3. The van der Waals surface area contributed by atoms with E-state index in [4.69, 9.17) is 0 Å². The first-order valence-electron chi connectivity index (χ1n) is 6.88. The van der Waals surface area contributed by atoms with E-state index >= 15 is 0 Å². The van der Waals surface area contributed by atoms with Gasteiger partial charge in [0, 0.05) is 0 Å². The molecule has 20 heavy (non-hydrogen) atoms. The number of aliphatic hydroxyl groups excluding tert-OH is 1. The third-order valence-corrected chi connectivity index (χ3v) is 3.67. The second-order valence-electron chi connectivity index (χ2n) is 5.09. The minimum atomic E-state index is -0.589. The van der Waals surface area contributed by atoms with E-state index in [1.807, 2.05) is 42.5 Å². The fraction of sp³-hybridized carbons (Fsp3) is 0.235. The molecule has 0 aliphatic heterocycles. The van der Waals surface area contributed by atoms with Crippen molar-refractivity contribution in [3.8, 4) is 0 Å². The van der Waals surface area contributed by atoms with Crippen molar-refractivity contribution in [2.75, 3.05) is 0 Å². The summed E-state index contributed by atoms with van der Waals surface area (Å²) < 4.78 is 2.12. The van der Waals surface area contributed by atoms with Crippen LogP contribution in [0.5, 0.6) is 0 Å². The zero-order valence-electron chi connectivity index (χ0n) is 11.7. The standard InChI is InChI=1S/C17H18N2O/c1-12(14-8-4-3-5-9-14)19-16-11-7-6-10-15(16)18-17(19)13(2)20/h3-13,20H,1-2H3/t12-,13-/m0/s1. The summed E-state index contributed by atoms with van der Waals surface area (Å²) in [7, 11) is 0. The lowest BCUT2D eigenvalue weighted by Crippen LogP contribution is -2.12. The summed E-state index contributed by atoms with van der Waals surface area (Å²) in [6.07, 6.45) is -0.589. The Kier molecular flexibility index (Phi) is 3.28. The zero-order chi connectivity index (χ0) is 14.1. The molecule has 3 nitrogen and oxygen atoms in total. The van der Waals surface area contributed by atoms with E-state index in [0.717, 1.165) is 11.0 Å². The monoisotopic (exact) mass is 266 g/mol. The summed E-state index contributed by atoms with van der Waals surface area (Å²) in [6, 6.07) is 18.4. The molecule has 3 rings (SSSR count). The van der Waals surface area contributed by atoms with E-state index in [-0.39, 0.29) is 6.04 Å². The summed E-state index contributed by atoms with van der Waals surface area (Å²) in [6.45, 7) is 3.89. The van der Waals surface area contributed by atoms with Crippen LogP contribution >= 0.6 is 0 Å². The number of para-hydroxylation sites is 2. The highest BCUT2D eigenvalue weighted by Crippen LogP contribution is 2.28. The molecule has 0 bridgehead atoms. The number of nitrogens with zero attached hydrogens (tertiary/aromatic N) is 2. The molecule has 0 radical (unpaired) electrons. The molecular formula is C17H18N2O. The fourth-order valence-electron chi connectivity index (χ4n) is 2.65. The molecule has 1 aromatic heterocycles. The van der Waals surface area contributed by atoms with Crippen molar-refractivity contribution < 1.29 is 5.11 Å². The Morgan fingerprint density at radius 1 is 0.950 bits per heavy atom. The molecule has 102 valence electrons. The van der Waals surface area contributed by atoms with E-state index in [1.165, 1.54) is 5.56 Å². The number of imidazole rings is 1. The van der Waals surface area contributed by atoms with Crippen molar-refractivity contribution in [3.63, 3.8) is 0 Å². The van der Waals surface area contributed by atoms with Gasteiger partial charge in [-0.3, -0.25) is 0 Å². The van der Waals surface area contributed by atoms with Crippen LogP contribution in [0.4, 0.5) is 0 Å². The molecular weight excluding hydrogens is 248 g/mol. The second-order valence-corrected chi connectivity index (χ2v) is 5.09. The first-order valence-corrected chi connectivity index (χ1v) is 6.88. The number of benzene rings is 2. The molecule has 1 heterocycles. The van der Waals surface area contributed by atoms with Crippen LogP contribution < -0.4 is 0 Å². The zero-order valence-corrected chi connectivity index (χ0v) is 11.7. The molecule has 0 aliphatic rings. The molecule has 0 spiro atoms. The van der Waals surface area contributed by atoms with Crippen LogP contribution in [0, 0.1) is 0 Å². The van der Waals surface area contributed by atoms with Gasteiger partial charge in [-0.25, -0.2) is 4.98 Å². The number of fused-ring (bicyclic) bond motifs is 1. The summed E-state index contributed by atoms with van der Waals surface area (Å²) in [4.78, 5) is 4.57. The second kappa shape index (κ2) is 5.10. The van der Waals surface area contributed by atoms with Gasteiger partial charge in [-0.1, -0.05) is 42.5 Å². The van der Waals surface area contributed by atoms with Crippen molar-refractivity contribution in [3.05, 3.63) is 66.0 Å². The van der Waals surface area contributed by atoms with E-state index in [1.54, 1.807) is 6.92 Å². The average Bonchev–Trinajstić information content (AvgIpc) is 2.87. The Morgan fingerprint density at radius 2 is 1.60 bits per heavy atom. The van der Waals surface area contributed by atoms with Gasteiger partial charge in [-0.2, -0.15) is 0 Å². The fourth-order valence-corrected chi connectivity index (χ4v) is 2.65. The van der Waals surface area contributed by atoms with Crippen molar-refractivity contribution in [2.24, 2.45) is 0 Å². The Hall–Kier alpha value is -2.13. The lowest BCUT2D eigenvalue weighted by atomic mass is 10.1. The van der Waals surface area contributed by atoms with Crippen molar-refractivity contribution in [2.45, 2.75) is 26.0 Å². The van der Waals surface area contributed by atoms with Gasteiger partial charge in [0.05, 0.1) is 17.1 Å². The molecule has 0 saturated carbocycles. The van der Waals surface area contributed by atoms with Gasteiger partial charge in [0.15, 0.2) is 0 Å². The van der Waals surface area contributed by atoms with Gasteiger partial charge in [0.1, 0.15) is 11.9 Å². The maximum Gasteiger partial charge on any atom is 0.139 e. The van der Waals surface area contributed by atoms with Crippen molar-refractivity contribution in [1.82, 2.24) is 9.55 Å². The van der Waals surface area contributed by atoms with Crippen LogP contribution in [-0.2, 0) is 0 Å². The average molecular weight is 266 g/mol. The third-order valence-electron chi connectivity index (χ3n) is 3.67.